The fraction of sp³-hybridized carbons (Fsp3) is 0.607. The molecule has 1 unspecified atom stereocenters. The molecule has 3 rings (SSSR count). The SMILES string of the molecule is CC(C)(C)OC(=O)N(CCO[Si](C)(C)C(C)(C)C)c1ccc(N2C[C@H](CNC(=O)C3=CCC(Cl)S3)OC2=O)cc1. The van der Waals surface area contributed by atoms with E-state index in [1.807, 2.05) is 26.8 Å². The Morgan fingerprint density at radius 2 is 1.82 bits per heavy atom. The molecule has 2 atom stereocenters. The average molecular weight is 612 g/mol. The van der Waals surface area contributed by atoms with Gasteiger partial charge in [0.15, 0.2) is 8.32 Å². The van der Waals surface area contributed by atoms with Crippen molar-refractivity contribution in [1.82, 2.24) is 5.32 Å². The number of rotatable bonds is 9. The van der Waals surface area contributed by atoms with Crippen LogP contribution in [0, 0.1) is 0 Å². The number of benzene rings is 1. The quantitative estimate of drug-likeness (QED) is 0.252. The fourth-order valence-corrected chi connectivity index (χ4v) is 6.03. The molecular weight excluding hydrogens is 570 g/mol. The summed E-state index contributed by atoms with van der Waals surface area (Å²) in [4.78, 5) is 41.7. The molecule has 2 aliphatic rings. The molecule has 9 nitrogen and oxygen atoms in total. The van der Waals surface area contributed by atoms with E-state index in [4.69, 9.17) is 25.5 Å². The van der Waals surface area contributed by atoms with Gasteiger partial charge in [-0.2, -0.15) is 0 Å². The maximum absolute atomic E-state index is 13.1. The first-order valence-electron chi connectivity index (χ1n) is 13.5. The third-order valence-electron chi connectivity index (χ3n) is 7.00. The fourth-order valence-electron chi connectivity index (χ4n) is 3.78. The molecule has 2 heterocycles. The minimum atomic E-state index is -1.99. The Morgan fingerprint density at radius 1 is 1.18 bits per heavy atom. The number of carbonyl (C=O) groups excluding carboxylic acids is 3. The zero-order chi connectivity index (χ0) is 29.9. The maximum atomic E-state index is 13.1. The lowest BCUT2D eigenvalue weighted by atomic mass is 10.2. The van der Waals surface area contributed by atoms with Crippen molar-refractivity contribution in [3.05, 3.63) is 35.2 Å². The third kappa shape index (κ3) is 8.64. The predicted molar refractivity (Wildman–Crippen MR) is 164 cm³/mol. The first-order chi connectivity index (χ1) is 18.5. The summed E-state index contributed by atoms with van der Waals surface area (Å²) in [6, 6.07) is 7.09. The van der Waals surface area contributed by atoms with Crippen molar-refractivity contribution in [1.29, 1.82) is 0 Å². The van der Waals surface area contributed by atoms with Gasteiger partial charge in [0, 0.05) is 11.4 Å². The molecule has 1 aromatic carbocycles. The van der Waals surface area contributed by atoms with Crippen molar-refractivity contribution >= 4 is 61.1 Å². The second-order valence-corrected chi connectivity index (χ2v) is 19.3. The summed E-state index contributed by atoms with van der Waals surface area (Å²) in [6.07, 6.45) is 1.01. The van der Waals surface area contributed by atoms with Crippen LogP contribution in [0.2, 0.25) is 18.1 Å². The van der Waals surface area contributed by atoms with Gasteiger partial charge >= 0.3 is 12.2 Å². The Balaban J connectivity index is 1.65. The van der Waals surface area contributed by atoms with Crippen LogP contribution in [-0.4, -0.2) is 69.1 Å². The van der Waals surface area contributed by atoms with E-state index in [0.717, 1.165) is 0 Å². The van der Waals surface area contributed by atoms with Gasteiger partial charge in [-0.15, -0.1) is 23.4 Å². The van der Waals surface area contributed by atoms with E-state index in [2.05, 4.69) is 39.2 Å². The molecule has 0 aliphatic carbocycles. The summed E-state index contributed by atoms with van der Waals surface area (Å²) < 4.78 is 17.3. The number of allylic oxidation sites excluding steroid dienone is 1. The molecule has 1 aromatic rings. The number of nitrogens with one attached hydrogen (secondary N) is 1. The molecule has 0 saturated carbocycles. The molecule has 1 fully saturated rings. The Morgan fingerprint density at radius 3 is 2.38 bits per heavy atom. The second-order valence-electron chi connectivity index (χ2n) is 12.4. The number of thioether (sulfide) groups is 1. The van der Waals surface area contributed by atoms with Gasteiger partial charge in [-0.3, -0.25) is 14.6 Å². The molecule has 1 N–H and O–H groups in total. The van der Waals surface area contributed by atoms with Crippen LogP contribution in [0.25, 0.3) is 0 Å². The summed E-state index contributed by atoms with van der Waals surface area (Å²) >= 11 is 7.36. The Hall–Kier alpha value is -2.21. The molecule has 222 valence electrons. The Bertz CT molecular complexity index is 1120. The van der Waals surface area contributed by atoms with E-state index in [9.17, 15) is 14.4 Å². The molecule has 0 bridgehead atoms. The number of nitrogens with zero attached hydrogens (tertiary/aromatic N) is 2. The van der Waals surface area contributed by atoms with Crippen LogP contribution in [0.5, 0.6) is 0 Å². The van der Waals surface area contributed by atoms with Crippen LogP contribution >= 0.6 is 23.4 Å². The van der Waals surface area contributed by atoms with Gasteiger partial charge in [-0.25, -0.2) is 9.59 Å². The number of alkyl halides is 1. The first kappa shape index (κ1) is 32.3. The first-order valence-corrected chi connectivity index (χ1v) is 17.7. The van der Waals surface area contributed by atoms with Crippen molar-refractivity contribution < 1.29 is 28.3 Å². The highest BCUT2D eigenvalue weighted by atomic mass is 35.5. The molecular formula is C28H42ClN3O6SSi. The highest BCUT2D eigenvalue weighted by Gasteiger charge is 2.37. The monoisotopic (exact) mass is 611 g/mol. The highest BCUT2D eigenvalue weighted by molar-refractivity contribution is 8.05. The van der Waals surface area contributed by atoms with Crippen molar-refractivity contribution in [3.63, 3.8) is 0 Å². The lowest BCUT2D eigenvalue weighted by Gasteiger charge is -2.37. The summed E-state index contributed by atoms with van der Waals surface area (Å²) in [5, 5.41) is 2.87. The Labute approximate surface area is 248 Å². The van der Waals surface area contributed by atoms with E-state index >= 15 is 0 Å². The van der Waals surface area contributed by atoms with Crippen molar-refractivity contribution in [3.8, 4) is 0 Å². The second kappa shape index (κ2) is 12.8. The lowest BCUT2D eigenvalue weighted by molar-refractivity contribution is -0.117. The number of carbonyl (C=O) groups is 3. The molecule has 3 amide bonds. The molecule has 12 heteroatoms. The lowest BCUT2D eigenvalue weighted by Crippen LogP contribution is -2.44. The maximum Gasteiger partial charge on any atom is 0.414 e. The number of hydrogen-bond donors (Lipinski definition) is 1. The van der Waals surface area contributed by atoms with Gasteiger partial charge in [0.1, 0.15) is 11.7 Å². The van der Waals surface area contributed by atoms with Crippen LogP contribution in [0.1, 0.15) is 48.0 Å². The zero-order valence-electron chi connectivity index (χ0n) is 24.7. The van der Waals surface area contributed by atoms with Gasteiger partial charge in [-0.1, -0.05) is 26.8 Å². The topological polar surface area (TPSA) is 97.4 Å². The molecule has 2 aliphatic heterocycles. The van der Waals surface area contributed by atoms with Gasteiger partial charge in [0.2, 0.25) is 0 Å². The Kier molecular flexibility index (Phi) is 10.3. The molecule has 1 saturated heterocycles. The highest BCUT2D eigenvalue weighted by Crippen LogP contribution is 2.37. The van der Waals surface area contributed by atoms with Crippen LogP contribution in [-0.2, 0) is 18.7 Å². The number of hydrogen-bond acceptors (Lipinski definition) is 7. The van der Waals surface area contributed by atoms with Gasteiger partial charge in [0.25, 0.3) is 5.91 Å². The molecule has 40 heavy (non-hydrogen) atoms. The van der Waals surface area contributed by atoms with E-state index in [-0.39, 0.29) is 22.2 Å². The summed E-state index contributed by atoms with van der Waals surface area (Å²) in [6.45, 7) is 17.5. The van der Waals surface area contributed by atoms with Crippen LogP contribution < -0.4 is 15.1 Å². The van der Waals surface area contributed by atoms with E-state index in [1.54, 1.807) is 29.2 Å². The van der Waals surface area contributed by atoms with Crippen LogP contribution in [0.15, 0.2) is 35.2 Å². The van der Waals surface area contributed by atoms with Crippen LogP contribution in [0.4, 0.5) is 21.0 Å². The van der Waals surface area contributed by atoms with Gasteiger partial charge in [0.05, 0.1) is 35.9 Å². The zero-order valence-corrected chi connectivity index (χ0v) is 27.3. The minimum absolute atomic E-state index is 0.0520. The number of halogens is 1. The minimum Gasteiger partial charge on any atom is -0.443 e. The number of anilines is 2. The number of cyclic esters (lactones) is 1. The van der Waals surface area contributed by atoms with E-state index < -0.39 is 32.2 Å². The van der Waals surface area contributed by atoms with Gasteiger partial charge < -0.3 is 19.2 Å². The van der Waals surface area contributed by atoms with E-state index in [0.29, 0.717) is 42.4 Å². The molecule has 0 radical (unpaired) electrons. The van der Waals surface area contributed by atoms with Crippen molar-refractivity contribution in [2.45, 2.75) is 82.5 Å². The summed E-state index contributed by atoms with van der Waals surface area (Å²) in [5.74, 6) is -0.216. The largest absolute Gasteiger partial charge is 0.443 e. The molecule has 0 aromatic heterocycles. The number of amides is 3. The third-order valence-corrected chi connectivity index (χ3v) is 13.0. The summed E-state index contributed by atoms with van der Waals surface area (Å²) in [7, 11) is -1.99. The van der Waals surface area contributed by atoms with E-state index in [1.165, 1.54) is 16.7 Å². The van der Waals surface area contributed by atoms with Crippen molar-refractivity contribution in [2.75, 3.05) is 36.0 Å². The van der Waals surface area contributed by atoms with Crippen molar-refractivity contribution in [2.24, 2.45) is 0 Å². The average Bonchev–Trinajstić information content (AvgIpc) is 3.44. The number of ether oxygens (including phenoxy) is 2. The smallest absolute Gasteiger partial charge is 0.414 e. The molecule has 0 spiro atoms. The summed E-state index contributed by atoms with van der Waals surface area (Å²) in [5.41, 5.74) is 0.606. The van der Waals surface area contributed by atoms with Gasteiger partial charge in [-0.05, 0) is 69.6 Å². The van der Waals surface area contributed by atoms with Crippen LogP contribution in [0.3, 0.4) is 0 Å². The normalized spacial score (nSPS) is 19.8. The standard InChI is InChI=1S/C28H42ClN3O6SSi/c1-27(2,3)38-26(35)31(15-16-36-40(7,8)28(4,5)6)19-9-11-20(12-10-19)32-18-21(37-25(32)34)17-30-24(33)22-13-14-23(29)39-22/h9-13,21,23H,14-18H2,1-8H3,(H,30,33)/t21-,23?/m0/s1. The predicted octanol–water partition coefficient (Wildman–Crippen LogP) is 6.48.